The first-order valence-corrected chi connectivity index (χ1v) is 13.5. The van der Waals surface area contributed by atoms with E-state index in [1.807, 2.05) is 6.92 Å². The molecule has 0 bridgehead atoms. The smallest absolute Gasteiger partial charge is 0.261 e. The minimum absolute atomic E-state index is 0.109. The molecule has 3 aromatic rings. The van der Waals surface area contributed by atoms with E-state index in [-0.39, 0.29) is 22.1 Å². The van der Waals surface area contributed by atoms with Gasteiger partial charge in [-0.15, -0.1) is 11.3 Å². The van der Waals surface area contributed by atoms with Crippen molar-refractivity contribution in [2.45, 2.75) is 43.9 Å². The molecule has 0 atom stereocenters. The number of fused-ring (bicyclic) bond motifs is 1. The van der Waals surface area contributed by atoms with Gasteiger partial charge in [0.2, 0.25) is 0 Å². The number of nitrogens with one attached hydrogen (secondary N) is 3. The summed E-state index contributed by atoms with van der Waals surface area (Å²) in [6.07, 6.45) is 4.86. The van der Waals surface area contributed by atoms with Crippen molar-refractivity contribution < 1.29 is 18.0 Å². The summed E-state index contributed by atoms with van der Waals surface area (Å²) >= 11 is 1.43. The minimum atomic E-state index is -3.88. The molecule has 178 valence electrons. The SMILES string of the molecule is CNC(=O)c1c(NC(=O)c2ccccc2NS(=O)(=O)c2ccc(C)cc2)sc2c1CCCCC2. The third kappa shape index (κ3) is 5.00. The second-order valence-electron chi connectivity index (χ2n) is 8.27. The molecule has 0 fully saturated rings. The van der Waals surface area contributed by atoms with E-state index in [2.05, 4.69) is 15.4 Å². The van der Waals surface area contributed by atoms with Crippen molar-refractivity contribution in [3.8, 4) is 0 Å². The van der Waals surface area contributed by atoms with Crippen LogP contribution in [-0.2, 0) is 22.9 Å². The first kappa shape index (κ1) is 24.0. The average molecular weight is 498 g/mol. The van der Waals surface area contributed by atoms with Crippen molar-refractivity contribution >= 4 is 43.9 Å². The number of hydrogen-bond donors (Lipinski definition) is 3. The van der Waals surface area contributed by atoms with Crippen molar-refractivity contribution in [1.29, 1.82) is 0 Å². The van der Waals surface area contributed by atoms with Gasteiger partial charge in [0.1, 0.15) is 5.00 Å². The summed E-state index contributed by atoms with van der Waals surface area (Å²) in [6, 6.07) is 12.9. The molecule has 1 aromatic heterocycles. The van der Waals surface area contributed by atoms with Crippen molar-refractivity contribution in [3.63, 3.8) is 0 Å². The zero-order chi connectivity index (χ0) is 24.3. The maximum atomic E-state index is 13.3. The van der Waals surface area contributed by atoms with Gasteiger partial charge in [-0.25, -0.2) is 8.42 Å². The van der Waals surface area contributed by atoms with Gasteiger partial charge in [0.15, 0.2) is 0 Å². The van der Waals surface area contributed by atoms with E-state index in [1.165, 1.54) is 23.5 Å². The third-order valence-corrected chi connectivity index (χ3v) is 8.44. The first-order chi connectivity index (χ1) is 16.3. The molecule has 0 aliphatic heterocycles. The number of carbonyl (C=O) groups is 2. The summed E-state index contributed by atoms with van der Waals surface area (Å²) in [7, 11) is -2.31. The van der Waals surface area contributed by atoms with Gasteiger partial charge in [0.25, 0.3) is 21.8 Å². The summed E-state index contributed by atoms with van der Waals surface area (Å²) in [5, 5.41) is 6.05. The Bertz CT molecular complexity index is 1330. The van der Waals surface area contributed by atoms with E-state index in [0.29, 0.717) is 10.6 Å². The molecular formula is C25H27N3O4S2. The highest BCUT2D eigenvalue weighted by Crippen LogP contribution is 2.38. The Labute approximate surface area is 203 Å². The van der Waals surface area contributed by atoms with Crippen LogP contribution in [0.5, 0.6) is 0 Å². The van der Waals surface area contributed by atoms with Crippen LogP contribution in [0.2, 0.25) is 0 Å². The molecule has 2 amide bonds. The zero-order valence-electron chi connectivity index (χ0n) is 19.1. The molecule has 0 radical (unpaired) electrons. The number of anilines is 2. The van der Waals surface area contributed by atoms with E-state index in [0.717, 1.165) is 48.1 Å². The van der Waals surface area contributed by atoms with Crippen molar-refractivity contribution in [2.75, 3.05) is 17.1 Å². The van der Waals surface area contributed by atoms with E-state index in [9.17, 15) is 18.0 Å². The Morgan fingerprint density at radius 1 is 0.912 bits per heavy atom. The van der Waals surface area contributed by atoms with Crippen molar-refractivity contribution in [2.24, 2.45) is 0 Å². The number of rotatable bonds is 6. The minimum Gasteiger partial charge on any atom is -0.355 e. The molecule has 0 unspecified atom stereocenters. The number of sulfonamides is 1. The van der Waals surface area contributed by atoms with Gasteiger partial charge in [-0.3, -0.25) is 14.3 Å². The molecule has 7 nitrogen and oxygen atoms in total. The zero-order valence-corrected chi connectivity index (χ0v) is 20.7. The number of hydrogen-bond acceptors (Lipinski definition) is 5. The van der Waals surface area contributed by atoms with Crippen molar-refractivity contribution in [3.05, 3.63) is 75.7 Å². The Kier molecular flexibility index (Phi) is 7.04. The molecule has 0 saturated carbocycles. The van der Waals surface area contributed by atoms with E-state index in [4.69, 9.17) is 0 Å². The van der Waals surface area contributed by atoms with Gasteiger partial charge in [0.05, 0.1) is 21.7 Å². The second-order valence-corrected chi connectivity index (χ2v) is 11.1. The van der Waals surface area contributed by atoms with Gasteiger partial charge < -0.3 is 10.6 Å². The second kappa shape index (κ2) is 9.99. The fourth-order valence-corrected chi connectivity index (χ4v) is 6.42. The molecule has 1 aliphatic carbocycles. The first-order valence-electron chi connectivity index (χ1n) is 11.2. The van der Waals surface area contributed by atoms with Gasteiger partial charge in [-0.1, -0.05) is 36.2 Å². The number of carbonyl (C=O) groups excluding carboxylic acids is 2. The van der Waals surface area contributed by atoms with Crippen LogP contribution < -0.4 is 15.4 Å². The third-order valence-electron chi connectivity index (χ3n) is 5.85. The lowest BCUT2D eigenvalue weighted by Crippen LogP contribution is -2.22. The standard InChI is InChI=1S/C25H27N3O4S2/c1-16-12-14-17(15-13-16)34(31,32)28-20-10-7-6-8-18(20)23(29)27-25-22(24(30)26-2)19-9-4-3-5-11-21(19)33-25/h6-8,10,12-15,28H,3-5,9,11H2,1-2H3,(H,26,30)(H,27,29). The predicted molar refractivity (Wildman–Crippen MR) is 135 cm³/mol. The number of para-hydroxylation sites is 1. The molecule has 9 heteroatoms. The number of thiophene rings is 1. The van der Waals surface area contributed by atoms with Crippen LogP contribution >= 0.6 is 11.3 Å². The highest BCUT2D eigenvalue weighted by Gasteiger charge is 2.26. The number of aryl methyl sites for hydroxylation is 2. The monoisotopic (exact) mass is 497 g/mol. The predicted octanol–water partition coefficient (Wildman–Crippen LogP) is 4.74. The van der Waals surface area contributed by atoms with Crippen LogP contribution in [0.4, 0.5) is 10.7 Å². The van der Waals surface area contributed by atoms with Gasteiger partial charge >= 0.3 is 0 Å². The van der Waals surface area contributed by atoms with Crippen LogP contribution in [0, 0.1) is 6.92 Å². The fourth-order valence-electron chi connectivity index (χ4n) is 4.06. The van der Waals surface area contributed by atoms with Crippen LogP contribution in [-0.4, -0.2) is 27.3 Å². The quantitative estimate of drug-likeness (QED) is 0.428. The molecular weight excluding hydrogens is 470 g/mol. The molecule has 0 spiro atoms. The highest BCUT2D eigenvalue weighted by molar-refractivity contribution is 7.92. The maximum Gasteiger partial charge on any atom is 0.261 e. The largest absolute Gasteiger partial charge is 0.355 e. The van der Waals surface area contributed by atoms with E-state index >= 15 is 0 Å². The lowest BCUT2D eigenvalue weighted by molar-refractivity contribution is 0.0963. The van der Waals surface area contributed by atoms with Gasteiger partial charge in [0, 0.05) is 11.9 Å². The molecule has 3 N–H and O–H groups in total. The van der Waals surface area contributed by atoms with Crippen LogP contribution in [0.3, 0.4) is 0 Å². The average Bonchev–Trinajstić information content (AvgIpc) is 2.98. The van der Waals surface area contributed by atoms with Crippen LogP contribution in [0.15, 0.2) is 53.4 Å². The summed E-state index contributed by atoms with van der Waals surface area (Å²) in [4.78, 5) is 27.2. The van der Waals surface area contributed by atoms with E-state index in [1.54, 1.807) is 43.4 Å². The van der Waals surface area contributed by atoms with E-state index < -0.39 is 15.9 Å². The Morgan fingerprint density at radius 2 is 1.62 bits per heavy atom. The van der Waals surface area contributed by atoms with Crippen LogP contribution in [0.25, 0.3) is 0 Å². The normalized spacial score (nSPS) is 13.5. The summed E-state index contributed by atoms with van der Waals surface area (Å²) in [5.41, 5.74) is 2.80. The Morgan fingerprint density at radius 3 is 2.35 bits per heavy atom. The summed E-state index contributed by atoms with van der Waals surface area (Å²) in [5.74, 6) is -0.716. The lowest BCUT2D eigenvalue weighted by atomic mass is 10.0. The lowest BCUT2D eigenvalue weighted by Gasteiger charge is -2.13. The molecule has 2 aromatic carbocycles. The highest BCUT2D eigenvalue weighted by atomic mass is 32.2. The van der Waals surface area contributed by atoms with Crippen LogP contribution in [0.1, 0.15) is 56.0 Å². The molecule has 1 aliphatic rings. The Hall–Kier alpha value is -3.17. The molecule has 34 heavy (non-hydrogen) atoms. The molecule has 4 rings (SSSR count). The topological polar surface area (TPSA) is 104 Å². The number of amides is 2. The Balaban J connectivity index is 1.64. The number of benzene rings is 2. The summed E-state index contributed by atoms with van der Waals surface area (Å²) < 4.78 is 28.3. The summed E-state index contributed by atoms with van der Waals surface area (Å²) in [6.45, 7) is 1.88. The van der Waals surface area contributed by atoms with Gasteiger partial charge in [-0.2, -0.15) is 0 Å². The van der Waals surface area contributed by atoms with Gasteiger partial charge in [-0.05, 0) is 62.4 Å². The molecule has 1 heterocycles. The van der Waals surface area contributed by atoms with Crippen molar-refractivity contribution in [1.82, 2.24) is 5.32 Å². The molecule has 0 saturated heterocycles. The fraction of sp³-hybridized carbons (Fsp3) is 0.280. The maximum absolute atomic E-state index is 13.3.